The molecule has 3 heterocycles. The SMILES string of the molecule is COC(=O)c1cn2nc(CN3NNc4ccc(Br)cc43)ccc2n1. The zero-order valence-electron chi connectivity index (χ0n) is 12.7. The van der Waals surface area contributed by atoms with Crippen LogP contribution in [0.3, 0.4) is 0 Å². The maximum atomic E-state index is 11.6. The van der Waals surface area contributed by atoms with Gasteiger partial charge in [-0.25, -0.2) is 14.3 Å². The van der Waals surface area contributed by atoms with Crippen LogP contribution in [0.25, 0.3) is 5.65 Å². The van der Waals surface area contributed by atoms with Crippen LogP contribution in [0.5, 0.6) is 0 Å². The van der Waals surface area contributed by atoms with Gasteiger partial charge in [0, 0.05) is 4.47 Å². The van der Waals surface area contributed by atoms with Crippen molar-refractivity contribution in [3.63, 3.8) is 0 Å². The van der Waals surface area contributed by atoms with E-state index in [9.17, 15) is 4.79 Å². The summed E-state index contributed by atoms with van der Waals surface area (Å²) in [5, 5.41) is 6.45. The number of imidazole rings is 1. The van der Waals surface area contributed by atoms with Crippen molar-refractivity contribution in [1.82, 2.24) is 20.1 Å². The minimum Gasteiger partial charge on any atom is -0.464 e. The van der Waals surface area contributed by atoms with Crippen LogP contribution in [-0.4, -0.2) is 27.7 Å². The summed E-state index contributed by atoms with van der Waals surface area (Å²) in [7, 11) is 1.33. The van der Waals surface area contributed by atoms with Crippen LogP contribution in [0.1, 0.15) is 16.2 Å². The normalized spacial score (nSPS) is 13.0. The molecule has 122 valence electrons. The van der Waals surface area contributed by atoms with Gasteiger partial charge >= 0.3 is 5.97 Å². The highest BCUT2D eigenvalue weighted by molar-refractivity contribution is 9.10. The Kier molecular flexibility index (Phi) is 3.58. The van der Waals surface area contributed by atoms with Gasteiger partial charge < -0.3 is 10.2 Å². The molecule has 2 aromatic heterocycles. The first-order valence-corrected chi connectivity index (χ1v) is 7.96. The molecule has 0 aliphatic carbocycles. The predicted octanol–water partition coefficient (Wildman–Crippen LogP) is 2.13. The highest BCUT2D eigenvalue weighted by Crippen LogP contribution is 2.32. The fraction of sp³-hybridized carbons (Fsp3) is 0.133. The molecule has 0 radical (unpaired) electrons. The fourth-order valence-electron chi connectivity index (χ4n) is 2.52. The Morgan fingerprint density at radius 3 is 3.04 bits per heavy atom. The third-order valence-electron chi connectivity index (χ3n) is 3.67. The maximum Gasteiger partial charge on any atom is 0.358 e. The van der Waals surface area contributed by atoms with Crippen LogP contribution in [-0.2, 0) is 11.3 Å². The number of nitrogens with zero attached hydrogens (tertiary/aromatic N) is 4. The van der Waals surface area contributed by atoms with E-state index in [0.717, 1.165) is 21.5 Å². The third-order valence-corrected chi connectivity index (χ3v) is 4.16. The number of hydrazine groups is 2. The Balaban J connectivity index is 1.62. The second-order valence-corrected chi connectivity index (χ2v) is 6.15. The lowest BCUT2D eigenvalue weighted by Crippen LogP contribution is -2.35. The van der Waals surface area contributed by atoms with Crippen molar-refractivity contribution in [3.05, 3.63) is 52.4 Å². The van der Waals surface area contributed by atoms with Crippen molar-refractivity contribution in [2.24, 2.45) is 0 Å². The van der Waals surface area contributed by atoms with E-state index in [1.165, 1.54) is 7.11 Å². The Bertz CT molecular complexity index is 941. The molecule has 0 atom stereocenters. The quantitative estimate of drug-likeness (QED) is 0.664. The van der Waals surface area contributed by atoms with E-state index in [1.54, 1.807) is 10.7 Å². The summed E-state index contributed by atoms with van der Waals surface area (Å²) in [6, 6.07) is 9.68. The van der Waals surface area contributed by atoms with E-state index in [0.29, 0.717) is 12.2 Å². The average Bonchev–Trinajstić information content (AvgIpc) is 3.18. The lowest BCUT2D eigenvalue weighted by molar-refractivity contribution is 0.0594. The van der Waals surface area contributed by atoms with Gasteiger partial charge in [-0.05, 0) is 30.3 Å². The summed E-state index contributed by atoms with van der Waals surface area (Å²) in [6.45, 7) is 0.540. The molecule has 1 aromatic carbocycles. The summed E-state index contributed by atoms with van der Waals surface area (Å²) >= 11 is 3.48. The standard InChI is InChI=1S/C15H13BrN6O2/c1-24-15(23)12-8-22-14(17-12)5-3-10(19-22)7-21-13-6-9(16)2-4-11(13)18-20-21/h2-6,8,18,20H,7H2,1H3. The molecule has 24 heavy (non-hydrogen) atoms. The molecule has 0 spiro atoms. The summed E-state index contributed by atoms with van der Waals surface area (Å²) in [4.78, 5) is 15.7. The van der Waals surface area contributed by atoms with Gasteiger partial charge in [0.2, 0.25) is 0 Å². The number of benzene rings is 1. The molecule has 8 nitrogen and oxygen atoms in total. The maximum absolute atomic E-state index is 11.6. The number of nitrogens with one attached hydrogen (secondary N) is 2. The first kappa shape index (κ1) is 14.9. The van der Waals surface area contributed by atoms with E-state index >= 15 is 0 Å². The number of carbonyl (C=O) groups is 1. The minimum absolute atomic E-state index is 0.234. The number of carbonyl (C=O) groups excluding carboxylic acids is 1. The number of rotatable bonds is 3. The Labute approximate surface area is 145 Å². The van der Waals surface area contributed by atoms with Crippen molar-refractivity contribution in [1.29, 1.82) is 0 Å². The van der Waals surface area contributed by atoms with Crippen LogP contribution >= 0.6 is 15.9 Å². The molecule has 1 aliphatic rings. The third kappa shape index (κ3) is 2.57. The number of hydrogen-bond acceptors (Lipinski definition) is 7. The lowest BCUT2D eigenvalue weighted by Gasteiger charge is -2.17. The Morgan fingerprint density at radius 1 is 1.33 bits per heavy atom. The largest absolute Gasteiger partial charge is 0.464 e. The second kappa shape index (κ2) is 5.77. The van der Waals surface area contributed by atoms with E-state index in [2.05, 4.69) is 41.7 Å². The van der Waals surface area contributed by atoms with Crippen molar-refractivity contribution in [3.8, 4) is 0 Å². The predicted molar refractivity (Wildman–Crippen MR) is 91.4 cm³/mol. The van der Waals surface area contributed by atoms with Crippen molar-refractivity contribution >= 4 is 38.9 Å². The zero-order chi connectivity index (χ0) is 16.7. The number of esters is 1. The number of halogens is 1. The smallest absolute Gasteiger partial charge is 0.358 e. The van der Waals surface area contributed by atoms with Crippen LogP contribution in [0.4, 0.5) is 11.4 Å². The van der Waals surface area contributed by atoms with Gasteiger partial charge in [-0.3, -0.25) is 5.01 Å². The van der Waals surface area contributed by atoms with E-state index in [4.69, 9.17) is 0 Å². The van der Waals surface area contributed by atoms with Crippen LogP contribution in [0.15, 0.2) is 41.0 Å². The van der Waals surface area contributed by atoms with Crippen molar-refractivity contribution in [2.45, 2.75) is 6.54 Å². The monoisotopic (exact) mass is 388 g/mol. The first-order valence-electron chi connectivity index (χ1n) is 7.16. The summed E-state index contributed by atoms with van der Waals surface area (Å²) < 4.78 is 7.25. The topological polar surface area (TPSA) is 83.8 Å². The Hall–Kier alpha value is -2.65. The number of hydrogen-bond donors (Lipinski definition) is 2. The molecule has 9 heteroatoms. The van der Waals surface area contributed by atoms with Crippen molar-refractivity contribution in [2.75, 3.05) is 17.5 Å². The van der Waals surface area contributed by atoms with Gasteiger partial charge in [-0.1, -0.05) is 15.9 Å². The number of anilines is 2. The van der Waals surface area contributed by atoms with Gasteiger partial charge in [0.05, 0.1) is 36.9 Å². The molecule has 2 N–H and O–H groups in total. The van der Waals surface area contributed by atoms with Crippen molar-refractivity contribution < 1.29 is 9.53 Å². The second-order valence-electron chi connectivity index (χ2n) is 5.23. The van der Waals surface area contributed by atoms with Crippen LogP contribution in [0.2, 0.25) is 0 Å². The minimum atomic E-state index is -0.480. The number of fused-ring (bicyclic) bond motifs is 2. The van der Waals surface area contributed by atoms with Crippen LogP contribution < -0.4 is 16.0 Å². The van der Waals surface area contributed by atoms with Crippen LogP contribution in [0, 0.1) is 0 Å². The molecule has 0 fully saturated rings. The molecule has 0 amide bonds. The number of aromatic nitrogens is 3. The molecule has 4 rings (SSSR count). The first-order chi connectivity index (χ1) is 11.6. The van der Waals surface area contributed by atoms with E-state index in [1.807, 2.05) is 35.3 Å². The molecule has 0 saturated heterocycles. The fourth-order valence-corrected chi connectivity index (χ4v) is 2.87. The number of ether oxygens (including phenoxy) is 1. The molecular weight excluding hydrogens is 376 g/mol. The Morgan fingerprint density at radius 2 is 2.21 bits per heavy atom. The van der Waals surface area contributed by atoms with Gasteiger partial charge in [0.1, 0.15) is 0 Å². The van der Waals surface area contributed by atoms with Gasteiger partial charge in [-0.15, -0.1) is 5.53 Å². The summed E-state index contributed by atoms with van der Waals surface area (Å²) in [6.07, 6.45) is 1.56. The highest BCUT2D eigenvalue weighted by atomic mass is 79.9. The lowest BCUT2D eigenvalue weighted by atomic mass is 10.2. The summed E-state index contributed by atoms with van der Waals surface area (Å²) in [5.74, 6) is -0.480. The molecule has 0 bridgehead atoms. The molecular formula is C15H13BrN6O2. The molecule has 0 saturated carbocycles. The van der Waals surface area contributed by atoms with Gasteiger partial charge in [0.15, 0.2) is 11.3 Å². The zero-order valence-corrected chi connectivity index (χ0v) is 14.2. The average molecular weight is 389 g/mol. The van der Waals surface area contributed by atoms with E-state index in [-0.39, 0.29) is 5.69 Å². The van der Waals surface area contributed by atoms with Gasteiger partial charge in [0.25, 0.3) is 0 Å². The number of methoxy groups -OCH3 is 1. The van der Waals surface area contributed by atoms with E-state index < -0.39 is 5.97 Å². The molecule has 1 aliphatic heterocycles. The summed E-state index contributed by atoms with van der Waals surface area (Å²) in [5.41, 5.74) is 9.87. The van der Waals surface area contributed by atoms with Gasteiger partial charge in [-0.2, -0.15) is 5.10 Å². The molecule has 3 aromatic rings. The molecule has 0 unspecified atom stereocenters. The highest BCUT2D eigenvalue weighted by Gasteiger charge is 2.19.